The minimum Gasteiger partial charge on any atom is -0.462 e. The van der Waals surface area contributed by atoms with Gasteiger partial charge >= 0.3 is 5.97 Å². The van der Waals surface area contributed by atoms with Crippen LogP contribution in [0.25, 0.3) is 11.2 Å². The van der Waals surface area contributed by atoms with E-state index in [9.17, 15) is 9.36 Å². The van der Waals surface area contributed by atoms with E-state index in [1.165, 1.54) is 0 Å². The van der Waals surface area contributed by atoms with Crippen LogP contribution in [0.15, 0.2) is 6.33 Å². The van der Waals surface area contributed by atoms with Gasteiger partial charge in [0.25, 0.3) is 8.18 Å². The molecule has 1 aliphatic rings. The number of nitrogens with two attached hydrogens (primary N) is 1. The topological polar surface area (TPSA) is 156 Å². The van der Waals surface area contributed by atoms with Gasteiger partial charge in [0, 0.05) is 7.05 Å². The normalized spacial score (nSPS) is 23.2. The molecule has 3 rings (SSSR count). The standard InChI is InChI=1S/C17H27ClN7O5P/c1-8(2)29-16(26)9(3)24-31(27)28-6-10-5-11(18)15(30-10)25-7-21-12-13(20-4)22-17(19)23-14(12)25/h7-11,15,31H,5-6H2,1-4H3,(H,24,27)(H3,19,20,22,23)/t9?,10?,11-,15?/m0/s1. The third kappa shape index (κ3) is 5.64. The first-order valence-corrected chi connectivity index (χ1v) is 11.6. The smallest absolute Gasteiger partial charge is 0.323 e. The molecule has 4 N–H and O–H groups in total. The number of rotatable bonds is 9. The molecule has 0 bridgehead atoms. The van der Waals surface area contributed by atoms with Crippen LogP contribution in [0, 0.1) is 0 Å². The SMILES string of the molecule is CNc1nc(N)nc2c1ncn2C1OC(CO[PH](=O)NC(C)C(=O)OC(C)C)C[C@@H]1Cl. The lowest BCUT2D eigenvalue weighted by molar-refractivity contribution is -0.149. The number of aromatic nitrogens is 4. The molecule has 3 heterocycles. The van der Waals surface area contributed by atoms with Gasteiger partial charge in [-0.1, -0.05) is 0 Å². The summed E-state index contributed by atoms with van der Waals surface area (Å²) in [5.41, 5.74) is 6.82. The third-order valence-corrected chi connectivity index (χ3v) is 6.01. The van der Waals surface area contributed by atoms with Gasteiger partial charge in [-0.05, 0) is 27.2 Å². The van der Waals surface area contributed by atoms with Gasteiger partial charge in [0.05, 0.1) is 30.5 Å². The number of nitrogens with zero attached hydrogens (tertiary/aromatic N) is 4. The molecular formula is C17H27ClN7O5P. The first-order chi connectivity index (χ1) is 14.7. The largest absolute Gasteiger partial charge is 0.462 e. The van der Waals surface area contributed by atoms with Crippen LogP contribution in [0.3, 0.4) is 0 Å². The van der Waals surface area contributed by atoms with Crippen molar-refractivity contribution in [3.05, 3.63) is 6.33 Å². The molecule has 4 unspecified atom stereocenters. The van der Waals surface area contributed by atoms with Gasteiger partial charge in [0.2, 0.25) is 5.95 Å². The number of imidazole rings is 1. The van der Waals surface area contributed by atoms with Crippen molar-refractivity contribution in [2.24, 2.45) is 0 Å². The van der Waals surface area contributed by atoms with Gasteiger partial charge in [0.1, 0.15) is 6.04 Å². The van der Waals surface area contributed by atoms with Crippen molar-refractivity contribution in [3.8, 4) is 0 Å². The number of fused-ring (bicyclic) bond motifs is 1. The summed E-state index contributed by atoms with van der Waals surface area (Å²) in [6, 6.07) is -0.754. The zero-order valence-electron chi connectivity index (χ0n) is 17.7. The molecule has 1 aliphatic heterocycles. The average Bonchev–Trinajstić information content (AvgIpc) is 3.27. The summed E-state index contributed by atoms with van der Waals surface area (Å²) < 4.78 is 30.3. The van der Waals surface area contributed by atoms with Crippen LogP contribution in [-0.4, -0.2) is 62.8 Å². The highest BCUT2D eigenvalue weighted by Gasteiger charge is 2.37. The monoisotopic (exact) mass is 475 g/mol. The molecule has 12 nitrogen and oxygen atoms in total. The predicted molar refractivity (Wildman–Crippen MR) is 116 cm³/mol. The number of carbonyl (C=O) groups is 1. The molecule has 14 heteroatoms. The van der Waals surface area contributed by atoms with E-state index in [1.807, 2.05) is 0 Å². The summed E-state index contributed by atoms with van der Waals surface area (Å²) in [6.45, 7) is 5.08. The fourth-order valence-corrected chi connectivity index (χ4v) is 4.40. The van der Waals surface area contributed by atoms with Crippen LogP contribution in [0.5, 0.6) is 0 Å². The van der Waals surface area contributed by atoms with Gasteiger partial charge in [-0.25, -0.2) is 10.1 Å². The predicted octanol–water partition coefficient (Wildman–Crippen LogP) is 1.68. The molecule has 1 fully saturated rings. The van der Waals surface area contributed by atoms with Gasteiger partial charge in [-0.3, -0.25) is 13.9 Å². The molecule has 0 radical (unpaired) electrons. The molecule has 172 valence electrons. The summed E-state index contributed by atoms with van der Waals surface area (Å²) in [5, 5.41) is 5.15. The van der Waals surface area contributed by atoms with Gasteiger partial charge in [0.15, 0.2) is 23.2 Å². The Kier molecular flexibility index (Phi) is 7.71. The van der Waals surface area contributed by atoms with Crippen molar-refractivity contribution in [2.75, 3.05) is 24.7 Å². The molecular weight excluding hydrogens is 449 g/mol. The van der Waals surface area contributed by atoms with E-state index in [0.717, 1.165) is 0 Å². The summed E-state index contributed by atoms with van der Waals surface area (Å²) in [5.74, 6) is 0.0987. The Labute approximate surface area is 185 Å². The Morgan fingerprint density at radius 3 is 2.87 bits per heavy atom. The Bertz CT molecular complexity index is 958. The summed E-state index contributed by atoms with van der Waals surface area (Å²) in [7, 11) is -0.969. The molecule has 1 saturated heterocycles. The fourth-order valence-electron chi connectivity index (χ4n) is 3.13. The highest BCUT2D eigenvalue weighted by Crippen LogP contribution is 2.36. The van der Waals surface area contributed by atoms with Crippen LogP contribution in [-0.2, 0) is 23.4 Å². The zero-order chi connectivity index (χ0) is 22.7. The highest BCUT2D eigenvalue weighted by atomic mass is 35.5. The van der Waals surface area contributed by atoms with Crippen molar-refractivity contribution in [3.63, 3.8) is 0 Å². The molecule has 2 aromatic rings. The number of nitrogen functional groups attached to an aromatic ring is 1. The number of alkyl halides is 1. The summed E-state index contributed by atoms with van der Waals surface area (Å²) >= 11 is 6.50. The minimum absolute atomic E-state index is 0.0436. The van der Waals surface area contributed by atoms with E-state index in [2.05, 4.69) is 25.4 Å². The zero-order valence-corrected chi connectivity index (χ0v) is 19.4. The molecule has 0 aromatic carbocycles. The first-order valence-electron chi connectivity index (χ1n) is 9.80. The maximum atomic E-state index is 12.2. The average molecular weight is 476 g/mol. The Balaban J connectivity index is 1.59. The van der Waals surface area contributed by atoms with E-state index < -0.39 is 37.9 Å². The van der Waals surface area contributed by atoms with Gasteiger partial charge in [-0.2, -0.15) is 9.97 Å². The number of hydrogen-bond acceptors (Lipinski definition) is 10. The summed E-state index contributed by atoms with van der Waals surface area (Å²) in [6.07, 6.45) is 0.811. The fraction of sp³-hybridized carbons (Fsp3) is 0.647. The van der Waals surface area contributed by atoms with E-state index >= 15 is 0 Å². The molecule has 0 spiro atoms. The number of carbonyl (C=O) groups excluding carboxylic acids is 1. The Hall–Kier alpha value is -1.98. The van der Waals surface area contributed by atoms with Gasteiger partial charge in [-0.15, -0.1) is 11.6 Å². The number of anilines is 2. The maximum absolute atomic E-state index is 12.2. The number of halogens is 1. The van der Waals surface area contributed by atoms with Crippen LogP contribution in [0.2, 0.25) is 0 Å². The lowest BCUT2D eigenvalue weighted by Crippen LogP contribution is -2.33. The van der Waals surface area contributed by atoms with Crippen molar-refractivity contribution < 1.29 is 23.4 Å². The number of hydrogen-bond donors (Lipinski definition) is 3. The van der Waals surface area contributed by atoms with Crippen molar-refractivity contribution >= 4 is 48.7 Å². The third-order valence-electron chi connectivity index (χ3n) is 4.52. The Morgan fingerprint density at radius 2 is 2.19 bits per heavy atom. The van der Waals surface area contributed by atoms with E-state index in [-0.39, 0.29) is 18.7 Å². The second-order valence-corrected chi connectivity index (χ2v) is 9.07. The van der Waals surface area contributed by atoms with Crippen LogP contribution >= 0.6 is 19.8 Å². The van der Waals surface area contributed by atoms with Crippen molar-refractivity contribution in [1.82, 2.24) is 24.6 Å². The van der Waals surface area contributed by atoms with Crippen LogP contribution < -0.4 is 16.1 Å². The second-order valence-electron chi connectivity index (χ2n) is 7.35. The lowest BCUT2D eigenvalue weighted by atomic mass is 10.2. The Morgan fingerprint density at radius 1 is 1.45 bits per heavy atom. The number of nitrogens with one attached hydrogen (secondary N) is 2. The minimum atomic E-state index is -2.68. The first kappa shape index (κ1) is 23.7. The van der Waals surface area contributed by atoms with E-state index in [0.29, 0.717) is 23.4 Å². The molecule has 0 amide bonds. The van der Waals surface area contributed by atoms with E-state index in [1.54, 1.807) is 38.7 Å². The quantitative estimate of drug-likeness (QED) is 0.275. The van der Waals surface area contributed by atoms with Crippen molar-refractivity contribution in [2.45, 2.75) is 57.0 Å². The number of ether oxygens (including phenoxy) is 2. The van der Waals surface area contributed by atoms with Gasteiger partial charge < -0.3 is 25.0 Å². The van der Waals surface area contributed by atoms with Crippen molar-refractivity contribution in [1.29, 1.82) is 0 Å². The molecule has 0 saturated carbocycles. The summed E-state index contributed by atoms with van der Waals surface area (Å²) in [4.78, 5) is 24.5. The molecule has 2 aromatic heterocycles. The maximum Gasteiger partial charge on any atom is 0.323 e. The van der Waals surface area contributed by atoms with Crippen LogP contribution in [0.1, 0.15) is 33.4 Å². The second kappa shape index (κ2) is 10.1. The van der Waals surface area contributed by atoms with E-state index in [4.69, 9.17) is 31.3 Å². The molecule has 5 atom stereocenters. The molecule has 31 heavy (non-hydrogen) atoms. The molecule has 0 aliphatic carbocycles. The van der Waals surface area contributed by atoms with Crippen LogP contribution in [0.4, 0.5) is 11.8 Å². The number of esters is 1. The lowest BCUT2D eigenvalue weighted by Gasteiger charge is -2.18. The highest BCUT2D eigenvalue weighted by molar-refractivity contribution is 7.36.